The number of carbonyl (C=O) groups is 2. The Morgan fingerprint density at radius 1 is 0.553 bits per heavy atom. The van der Waals surface area contributed by atoms with Crippen LogP contribution < -0.4 is 0 Å². The van der Waals surface area contributed by atoms with E-state index in [1.165, 1.54) is 44.9 Å². The second-order valence-corrected chi connectivity index (χ2v) is 13.1. The fourth-order valence-electron chi connectivity index (χ4n) is 4.53. The highest BCUT2D eigenvalue weighted by Crippen LogP contribution is 2.35. The van der Waals surface area contributed by atoms with Crippen LogP contribution in [-0.2, 0) is 28.2 Å². The van der Waals surface area contributed by atoms with Crippen molar-refractivity contribution in [3.05, 3.63) is 60.8 Å². The molecule has 0 rings (SSSR count). The molecule has 0 bridgehead atoms. The number of allylic oxidation sites excluding steroid dienone is 10. The van der Waals surface area contributed by atoms with E-state index in [4.69, 9.17) is 19.3 Å². The van der Waals surface area contributed by atoms with Crippen LogP contribution >= 0.6 is 7.82 Å². The average Bonchev–Trinajstić information content (AvgIpc) is 3.04. The minimum absolute atomic E-state index is 0.132. The predicted molar refractivity (Wildman–Crippen MR) is 193 cm³/mol. The molecule has 47 heavy (non-hydrogen) atoms. The molecule has 8 nitrogen and oxygen atoms in total. The molecule has 0 aliphatic carbocycles. The van der Waals surface area contributed by atoms with Gasteiger partial charge >= 0.3 is 19.8 Å². The first-order valence-corrected chi connectivity index (χ1v) is 19.6. The van der Waals surface area contributed by atoms with E-state index in [1.807, 2.05) is 6.08 Å². The molecule has 9 heteroatoms. The Labute approximate surface area is 286 Å². The van der Waals surface area contributed by atoms with Crippen LogP contribution in [0.25, 0.3) is 0 Å². The first-order valence-electron chi connectivity index (χ1n) is 18.1. The molecule has 270 valence electrons. The van der Waals surface area contributed by atoms with Crippen molar-refractivity contribution in [1.82, 2.24) is 0 Å². The molecule has 2 N–H and O–H groups in total. The van der Waals surface area contributed by atoms with Crippen molar-refractivity contribution in [2.45, 2.75) is 155 Å². The van der Waals surface area contributed by atoms with Gasteiger partial charge in [-0.3, -0.25) is 14.1 Å². The van der Waals surface area contributed by atoms with Crippen molar-refractivity contribution in [1.29, 1.82) is 0 Å². The largest absolute Gasteiger partial charge is 0.469 e. The van der Waals surface area contributed by atoms with E-state index >= 15 is 0 Å². The van der Waals surface area contributed by atoms with Crippen molar-refractivity contribution in [2.24, 2.45) is 0 Å². The van der Waals surface area contributed by atoms with Gasteiger partial charge in [0.1, 0.15) is 6.61 Å². The molecule has 0 aliphatic rings. The first-order chi connectivity index (χ1) is 22.8. The predicted octanol–water partition coefficient (Wildman–Crippen LogP) is 10.6. The number of phosphoric ester groups is 1. The van der Waals surface area contributed by atoms with Crippen LogP contribution in [0.1, 0.15) is 149 Å². The molecule has 0 aromatic heterocycles. The summed E-state index contributed by atoms with van der Waals surface area (Å²) in [5.74, 6) is -0.968. The molecule has 0 aliphatic heterocycles. The van der Waals surface area contributed by atoms with E-state index in [1.54, 1.807) is 0 Å². The second kappa shape index (κ2) is 33.6. The molecular weight excluding hydrogens is 615 g/mol. The summed E-state index contributed by atoms with van der Waals surface area (Å²) in [6, 6.07) is 0. The Morgan fingerprint density at radius 3 is 1.51 bits per heavy atom. The summed E-state index contributed by atoms with van der Waals surface area (Å²) >= 11 is 0. The molecule has 0 heterocycles. The SMILES string of the molecule is CCCCC/C=C/C/C=C/C/C=C/C/C=C/CCCC(=O)O[C@H](COC(=O)CCCCCCC/C=C/CCCCC)COP(=O)(O)O. The molecule has 0 amide bonds. The molecule has 0 radical (unpaired) electrons. The molecule has 0 saturated heterocycles. The number of phosphoric acid groups is 1. The zero-order valence-electron chi connectivity index (χ0n) is 29.4. The maximum Gasteiger partial charge on any atom is 0.469 e. The molecule has 0 fully saturated rings. The molecule has 0 saturated carbocycles. The van der Waals surface area contributed by atoms with E-state index in [-0.39, 0.29) is 19.4 Å². The normalized spacial score (nSPS) is 13.2. The van der Waals surface area contributed by atoms with Gasteiger partial charge in [0.25, 0.3) is 0 Å². The highest BCUT2D eigenvalue weighted by molar-refractivity contribution is 7.46. The number of ether oxygens (including phenoxy) is 2. The van der Waals surface area contributed by atoms with Crippen LogP contribution in [0.2, 0.25) is 0 Å². The molecular formula is C38H65O8P. The number of hydrogen-bond donors (Lipinski definition) is 2. The third kappa shape index (κ3) is 36.4. The van der Waals surface area contributed by atoms with E-state index in [2.05, 4.69) is 73.1 Å². The fraction of sp³-hybridized carbons (Fsp3) is 0.684. The maximum atomic E-state index is 12.3. The number of rotatable bonds is 32. The van der Waals surface area contributed by atoms with Crippen molar-refractivity contribution in [2.75, 3.05) is 13.2 Å². The minimum Gasteiger partial charge on any atom is -0.462 e. The Hall–Kier alpha value is -2.25. The molecule has 0 aromatic rings. The van der Waals surface area contributed by atoms with Crippen LogP contribution in [0.15, 0.2) is 60.8 Å². The van der Waals surface area contributed by atoms with Crippen molar-refractivity contribution in [3.8, 4) is 0 Å². The zero-order chi connectivity index (χ0) is 34.7. The van der Waals surface area contributed by atoms with E-state index in [0.717, 1.165) is 57.8 Å². The van der Waals surface area contributed by atoms with Crippen LogP contribution in [0, 0.1) is 0 Å². The number of hydrogen-bond acceptors (Lipinski definition) is 6. The van der Waals surface area contributed by atoms with Gasteiger partial charge < -0.3 is 19.3 Å². The maximum absolute atomic E-state index is 12.3. The molecule has 0 aromatic carbocycles. The lowest BCUT2D eigenvalue weighted by molar-refractivity contribution is -0.161. The Morgan fingerprint density at radius 2 is 0.979 bits per heavy atom. The quantitative estimate of drug-likeness (QED) is 0.0312. The monoisotopic (exact) mass is 680 g/mol. The van der Waals surface area contributed by atoms with Gasteiger partial charge in [-0.15, -0.1) is 0 Å². The van der Waals surface area contributed by atoms with Crippen LogP contribution in [-0.4, -0.2) is 41.0 Å². The summed E-state index contributed by atoms with van der Waals surface area (Å²) in [6.45, 7) is 3.55. The van der Waals surface area contributed by atoms with Gasteiger partial charge in [-0.1, -0.05) is 120 Å². The Kier molecular flexibility index (Phi) is 32.0. The number of unbranched alkanes of at least 4 members (excludes halogenated alkanes) is 12. The third-order valence-electron chi connectivity index (χ3n) is 7.26. The highest BCUT2D eigenvalue weighted by Gasteiger charge is 2.22. The second-order valence-electron chi connectivity index (χ2n) is 11.8. The van der Waals surface area contributed by atoms with Crippen LogP contribution in [0.3, 0.4) is 0 Å². The summed E-state index contributed by atoms with van der Waals surface area (Å²) < 4.78 is 26.2. The van der Waals surface area contributed by atoms with Gasteiger partial charge in [-0.05, 0) is 77.0 Å². The van der Waals surface area contributed by atoms with Gasteiger partial charge in [-0.25, -0.2) is 4.57 Å². The minimum atomic E-state index is -4.77. The standard InChI is InChI=1S/C38H65O8P/c1-3-5-7-9-11-13-15-17-18-19-20-21-23-25-27-29-31-33-38(40)46-36(35-45-47(41,42)43)34-44-37(39)32-30-28-26-24-22-16-14-12-10-8-6-4-2/h11-14,17-18,20-21,25,27,36H,3-10,15-16,19,22-24,26,28-35H2,1-2H3,(H2,41,42,43)/b13-11+,14-12+,18-17+,21-20+,27-25+/t36-/m1/s1. The highest BCUT2D eigenvalue weighted by atomic mass is 31.2. The summed E-state index contributed by atoms with van der Waals surface area (Å²) in [5, 5.41) is 0. The van der Waals surface area contributed by atoms with E-state index in [9.17, 15) is 14.2 Å². The third-order valence-corrected chi connectivity index (χ3v) is 7.74. The van der Waals surface area contributed by atoms with E-state index in [0.29, 0.717) is 19.3 Å². The smallest absolute Gasteiger partial charge is 0.462 e. The first kappa shape index (κ1) is 44.8. The van der Waals surface area contributed by atoms with Gasteiger partial charge in [0.15, 0.2) is 6.10 Å². The summed E-state index contributed by atoms with van der Waals surface area (Å²) in [7, 11) is -4.77. The Balaban J connectivity index is 4.13. The van der Waals surface area contributed by atoms with Crippen molar-refractivity contribution >= 4 is 19.8 Å². The van der Waals surface area contributed by atoms with Gasteiger partial charge in [0.2, 0.25) is 0 Å². The Bertz CT molecular complexity index is 947. The van der Waals surface area contributed by atoms with Gasteiger partial charge in [-0.2, -0.15) is 0 Å². The van der Waals surface area contributed by atoms with E-state index < -0.39 is 32.5 Å². The van der Waals surface area contributed by atoms with Gasteiger partial charge in [0.05, 0.1) is 6.61 Å². The lowest BCUT2D eigenvalue weighted by Gasteiger charge is -2.18. The zero-order valence-corrected chi connectivity index (χ0v) is 30.3. The van der Waals surface area contributed by atoms with Crippen LogP contribution in [0.5, 0.6) is 0 Å². The molecule has 1 atom stereocenters. The summed E-state index contributed by atoms with van der Waals surface area (Å²) in [6.07, 6.45) is 40.9. The molecule has 0 unspecified atom stereocenters. The lowest BCUT2D eigenvalue weighted by atomic mass is 10.1. The number of esters is 2. The summed E-state index contributed by atoms with van der Waals surface area (Å²) in [5.41, 5.74) is 0. The van der Waals surface area contributed by atoms with Crippen molar-refractivity contribution < 1.29 is 37.9 Å². The lowest BCUT2D eigenvalue weighted by Crippen LogP contribution is -2.29. The fourth-order valence-corrected chi connectivity index (χ4v) is 4.89. The topological polar surface area (TPSA) is 119 Å². The number of carbonyl (C=O) groups excluding carboxylic acids is 2. The molecule has 0 spiro atoms. The summed E-state index contributed by atoms with van der Waals surface area (Å²) in [4.78, 5) is 42.6. The van der Waals surface area contributed by atoms with Crippen molar-refractivity contribution in [3.63, 3.8) is 0 Å². The van der Waals surface area contributed by atoms with Gasteiger partial charge in [0, 0.05) is 12.8 Å². The van der Waals surface area contributed by atoms with Crippen LogP contribution in [0.4, 0.5) is 0 Å². The average molecular weight is 681 g/mol.